The number of ether oxygens (including phenoxy) is 2. The van der Waals surface area contributed by atoms with Crippen LogP contribution in [0, 0.1) is 0 Å². The summed E-state index contributed by atoms with van der Waals surface area (Å²) in [6.07, 6.45) is 0. The van der Waals surface area contributed by atoms with Gasteiger partial charge in [0.1, 0.15) is 11.5 Å². The smallest absolute Gasteiger partial charge is 0.308 e. The maximum absolute atomic E-state index is 11.7. The van der Waals surface area contributed by atoms with Gasteiger partial charge in [0.15, 0.2) is 0 Å². The quantitative estimate of drug-likeness (QED) is 0.289. The van der Waals surface area contributed by atoms with E-state index in [2.05, 4.69) is 35.8 Å². The monoisotopic (exact) mass is 478 g/mol. The summed E-state index contributed by atoms with van der Waals surface area (Å²) in [5.74, 6) is 0.806. The molecule has 0 aliphatic heterocycles. The second-order valence-electron chi connectivity index (χ2n) is 7.36. The molecule has 3 nitrogen and oxygen atoms in total. The van der Waals surface area contributed by atoms with Crippen molar-refractivity contribution in [2.75, 3.05) is 7.11 Å². The van der Waals surface area contributed by atoms with Crippen molar-refractivity contribution in [2.45, 2.75) is 26.2 Å². The molecular formula is C22H17BrCl2O3. The SMILES string of the molecule is COc1cc2c(cc1Br)-c1c(cc(OC(C)=O)c3c(Cl)cc(Cl)cc13)C2(C)C. The van der Waals surface area contributed by atoms with E-state index in [9.17, 15) is 4.79 Å². The van der Waals surface area contributed by atoms with E-state index in [1.807, 2.05) is 18.2 Å². The highest BCUT2D eigenvalue weighted by Crippen LogP contribution is 2.56. The van der Waals surface area contributed by atoms with Crippen LogP contribution in [0.3, 0.4) is 0 Å². The van der Waals surface area contributed by atoms with Crippen LogP contribution in [-0.4, -0.2) is 13.1 Å². The Bertz CT molecular complexity index is 1170. The Kier molecular flexibility index (Phi) is 4.65. The van der Waals surface area contributed by atoms with Gasteiger partial charge < -0.3 is 9.47 Å². The third-order valence-corrected chi connectivity index (χ3v) is 6.41. The number of methoxy groups -OCH3 is 1. The van der Waals surface area contributed by atoms with Gasteiger partial charge in [0.2, 0.25) is 0 Å². The van der Waals surface area contributed by atoms with E-state index in [1.54, 1.807) is 13.2 Å². The first-order valence-corrected chi connectivity index (χ1v) is 10.2. The van der Waals surface area contributed by atoms with Crippen molar-refractivity contribution < 1.29 is 14.3 Å². The van der Waals surface area contributed by atoms with Crippen LogP contribution < -0.4 is 9.47 Å². The van der Waals surface area contributed by atoms with Gasteiger partial charge in [-0.2, -0.15) is 0 Å². The lowest BCUT2D eigenvalue weighted by Gasteiger charge is -2.23. The lowest BCUT2D eigenvalue weighted by atomic mass is 9.82. The molecular weight excluding hydrogens is 463 g/mol. The molecule has 1 aliphatic rings. The van der Waals surface area contributed by atoms with Crippen LogP contribution in [0.4, 0.5) is 0 Å². The lowest BCUT2D eigenvalue weighted by molar-refractivity contribution is -0.131. The minimum absolute atomic E-state index is 0.323. The number of carbonyl (C=O) groups is 1. The fraction of sp³-hybridized carbons (Fsp3) is 0.227. The normalized spacial score (nSPS) is 14.0. The van der Waals surface area contributed by atoms with E-state index in [0.29, 0.717) is 21.2 Å². The zero-order chi connectivity index (χ0) is 20.4. The molecule has 0 atom stereocenters. The van der Waals surface area contributed by atoms with Crippen molar-refractivity contribution in [3.8, 4) is 22.6 Å². The third-order valence-electron chi connectivity index (χ3n) is 5.28. The molecule has 1 aliphatic carbocycles. The standard InChI is InChI=1S/C22H17BrCl2O3/c1-10(26)28-19-9-15-20(13-5-11(24)6-17(25)21(13)19)12-7-16(23)18(27-4)8-14(12)22(15,2)3/h5-9H,1-4H3. The van der Waals surface area contributed by atoms with Crippen LogP contribution in [0.1, 0.15) is 31.9 Å². The van der Waals surface area contributed by atoms with E-state index in [1.165, 1.54) is 6.92 Å². The van der Waals surface area contributed by atoms with Crippen LogP contribution >= 0.6 is 39.1 Å². The Morgan fingerprint density at radius 3 is 2.36 bits per heavy atom. The van der Waals surface area contributed by atoms with Gasteiger partial charge in [0, 0.05) is 22.7 Å². The minimum atomic E-state index is -0.398. The van der Waals surface area contributed by atoms with Crippen LogP contribution in [0.15, 0.2) is 34.8 Å². The largest absolute Gasteiger partial charge is 0.496 e. The highest BCUT2D eigenvalue weighted by Gasteiger charge is 2.39. The molecule has 0 saturated carbocycles. The summed E-state index contributed by atoms with van der Waals surface area (Å²) in [5.41, 5.74) is 3.96. The maximum atomic E-state index is 11.7. The first-order chi connectivity index (χ1) is 13.1. The number of fused-ring (bicyclic) bond motifs is 5. The zero-order valence-electron chi connectivity index (χ0n) is 15.7. The van der Waals surface area contributed by atoms with Gasteiger partial charge in [-0.1, -0.05) is 37.0 Å². The molecule has 0 bridgehead atoms. The Hall–Kier alpha value is -1.75. The van der Waals surface area contributed by atoms with Crippen molar-refractivity contribution in [1.82, 2.24) is 0 Å². The summed E-state index contributed by atoms with van der Waals surface area (Å²) < 4.78 is 11.9. The van der Waals surface area contributed by atoms with Gasteiger partial charge in [0.25, 0.3) is 0 Å². The Balaban J connectivity index is 2.18. The molecule has 0 radical (unpaired) electrons. The minimum Gasteiger partial charge on any atom is -0.496 e. The summed E-state index contributed by atoms with van der Waals surface area (Å²) in [5, 5.41) is 2.50. The van der Waals surface area contributed by atoms with Crippen LogP contribution in [0.5, 0.6) is 11.5 Å². The molecule has 3 aromatic carbocycles. The molecule has 0 unspecified atom stereocenters. The van der Waals surface area contributed by atoms with E-state index in [0.717, 1.165) is 37.9 Å². The van der Waals surface area contributed by atoms with Crippen LogP contribution in [-0.2, 0) is 10.2 Å². The summed E-state index contributed by atoms with van der Waals surface area (Å²) >= 11 is 16.5. The van der Waals surface area contributed by atoms with Crippen LogP contribution in [0.2, 0.25) is 10.0 Å². The molecule has 0 saturated heterocycles. The third kappa shape index (κ3) is 2.81. The van der Waals surface area contributed by atoms with E-state index < -0.39 is 5.97 Å². The molecule has 0 N–H and O–H groups in total. The summed E-state index contributed by atoms with van der Waals surface area (Å²) in [6, 6.07) is 9.55. The van der Waals surface area contributed by atoms with Crippen molar-refractivity contribution in [3.63, 3.8) is 0 Å². The van der Waals surface area contributed by atoms with Crippen molar-refractivity contribution >= 4 is 55.9 Å². The summed E-state index contributed by atoms with van der Waals surface area (Å²) in [7, 11) is 1.65. The van der Waals surface area contributed by atoms with Gasteiger partial charge in [-0.25, -0.2) is 0 Å². The second-order valence-corrected chi connectivity index (χ2v) is 9.06. The maximum Gasteiger partial charge on any atom is 0.308 e. The molecule has 4 rings (SSSR count). The van der Waals surface area contributed by atoms with Crippen molar-refractivity contribution in [1.29, 1.82) is 0 Å². The van der Waals surface area contributed by atoms with Crippen LogP contribution in [0.25, 0.3) is 21.9 Å². The van der Waals surface area contributed by atoms with Gasteiger partial charge in [0.05, 0.1) is 16.6 Å². The Morgan fingerprint density at radius 1 is 1.04 bits per heavy atom. The number of hydrogen-bond donors (Lipinski definition) is 0. The van der Waals surface area contributed by atoms with Gasteiger partial charge >= 0.3 is 5.97 Å². The number of carbonyl (C=O) groups excluding carboxylic acids is 1. The first-order valence-electron chi connectivity index (χ1n) is 8.68. The number of esters is 1. The van der Waals surface area contributed by atoms with Gasteiger partial charge in [-0.05, 0) is 73.9 Å². The zero-order valence-corrected chi connectivity index (χ0v) is 18.8. The fourth-order valence-electron chi connectivity index (χ4n) is 4.04. The summed E-state index contributed by atoms with van der Waals surface area (Å²) in [4.78, 5) is 11.7. The molecule has 6 heteroatoms. The molecule has 0 fully saturated rings. The molecule has 144 valence electrons. The molecule has 0 heterocycles. The number of benzene rings is 3. The average molecular weight is 480 g/mol. The van der Waals surface area contributed by atoms with E-state index >= 15 is 0 Å². The topological polar surface area (TPSA) is 35.5 Å². The predicted molar refractivity (Wildman–Crippen MR) is 117 cm³/mol. The molecule has 3 aromatic rings. The van der Waals surface area contributed by atoms with E-state index in [4.69, 9.17) is 32.7 Å². The summed E-state index contributed by atoms with van der Waals surface area (Å²) in [6.45, 7) is 5.66. The fourth-order valence-corrected chi connectivity index (χ4v) is 5.13. The molecule has 0 aromatic heterocycles. The highest BCUT2D eigenvalue weighted by molar-refractivity contribution is 9.10. The lowest BCUT2D eigenvalue weighted by Crippen LogP contribution is -2.15. The van der Waals surface area contributed by atoms with Gasteiger partial charge in [-0.15, -0.1) is 0 Å². The Morgan fingerprint density at radius 2 is 1.71 bits per heavy atom. The Labute approximate surface area is 181 Å². The molecule has 28 heavy (non-hydrogen) atoms. The first kappa shape index (κ1) is 19.6. The number of rotatable bonds is 2. The predicted octanol–water partition coefficient (Wildman–Crippen LogP) is 7.15. The second kappa shape index (κ2) is 6.65. The highest BCUT2D eigenvalue weighted by atomic mass is 79.9. The number of hydrogen-bond acceptors (Lipinski definition) is 3. The molecule has 0 amide bonds. The van der Waals surface area contributed by atoms with Gasteiger partial charge in [-0.3, -0.25) is 4.79 Å². The van der Waals surface area contributed by atoms with Crippen molar-refractivity contribution in [2.24, 2.45) is 0 Å². The van der Waals surface area contributed by atoms with Crippen molar-refractivity contribution in [3.05, 3.63) is 56.0 Å². The average Bonchev–Trinajstić information content (AvgIpc) is 2.80. The van der Waals surface area contributed by atoms with E-state index in [-0.39, 0.29) is 5.41 Å². The number of halogens is 3. The molecule has 0 spiro atoms.